The lowest BCUT2D eigenvalue weighted by molar-refractivity contribution is 0.448. The van der Waals surface area contributed by atoms with Crippen molar-refractivity contribution in [2.45, 2.75) is 39.3 Å². The first-order valence-electron chi connectivity index (χ1n) is 8.15. The van der Waals surface area contributed by atoms with Crippen LogP contribution in [-0.2, 0) is 25.6 Å². The van der Waals surface area contributed by atoms with Crippen LogP contribution in [0.4, 0.5) is 0 Å². The lowest BCUT2D eigenvalue weighted by Crippen LogP contribution is -2.38. The molecule has 2 rings (SSSR count). The van der Waals surface area contributed by atoms with Gasteiger partial charge in [0.2, 0.25) is 0 Å². The van der Waals surface area contributed by atoms with Gasteiger partial charge in [-0.05, 0) is 16.5 Å². The number of aryl methyl sites for hydroxylation is 1. The third-order valence-corrected chi connectivity index (χ3v) is 4.03. The van der Waals surface area contributed by atoms with Gasteiger partial charge in [-0.3, -0.25) is 9.67 Å². The first-order chi connectivity index (χ1) is 11.3. The predicted molar refractivity (Wildman–Crippen MR) is 97.8 cm³/mol. The van der Waals surface area contributed by atoms with E-state index in [-0.39, 0.29) is 5.41 Å². The molecular weight excluding hydrogens is 300 g/mol. The maximum Gasteiger partial charge on any atom is 0.194 e. The van der Waals surface area contributed by atoms with Gasteiger partial charge in [0, 0.05) is 27.7 Å². The monoisotopic (exact) mass is 328 g/mol. The fourth-order valence-electron chi connectivity index (χ4n) is 2.44. The van der Waals surface area contributed by atoms with Crippen LogP contribution in [0.2, 0.25) is 0 Å². The van der Waals surface area contributed by atoms with Crippen LogP contribution in [0.5, 0.6) is 0 Å². The molecular formula is C18H28N6. The van der Waals surface area contributed by atoms with Crippen molar-refractivity contribution in [2.24, 2.45) is 12.0 Å². The van der Waals surface area contributed by atoms with Crippen molar-refractivity contribution in [3.63, 3.8) is 0 Å². The molecule has 6 heteroatoms. The number of aliphatic imine (C=N–C) groups is 1. The maximum atomic E-state index is 4.34. The molecule has 2 aromatic rings. The van der Waals surface area contributed by atoms with Gasteiger partial charge in [-0.1, -0.05) is 45.0 Å². The third kappa shape index (κ3) is 4.57. The van der Waals surface area contributed by atoms with Crippen molar-refractivity contribution >= 4 is 5.96 Å². The molecule has 0 amide bonds. The number of rotatable bonds is 4. The van der Waals surface area contributed by atoms with Crippen molar-refractivity contribution in [2.75, 3.05) is 14.1 Å². The molecule has 0 unspecified atom stereocenters. The second-order valence-corrected chi connectivity index (χ2v) is 7.00. The van der Waals surface area contributed by atoms with E-state index in [1.54, 1.807) is 18.1 Å². The molecule has 130 valence electrons. The summed E-state index contributed by atoms with van der Waals surface area (Å²) in [7, 11) is 5.67. The Morgan fingerprint density at radius 2 is 1.92 bits per heavy atom. The van der Waals surface area contributed by atoms with Crippen molar-refractivity contribution in [1.29, 1.82) is 0 Å². The van der Waals surface area contributed by atoms with E-state index in [2.05, 4.69) is 65.4 Å². The summed E-state index contributed by atoms with van der Waals surface area (Å²) < 4.78 is 1.77. The molecule has 0 spiro atoms. The maximum absolute atomic E-state index is 4.34. The van der Waals surface area contributed by atoms with Crippen LogP contribution in [-0.4, -0.2) is 39.7 Å². The van der Waals surface area contributed by atoms with Gasteiger partial charge in [-0.15, -0.1) is 0 Å². The summed E-state index contributed by atoms with van der Waals surface area (Å²) in [6.07, 6.45) is 1.57. The molecule has 0 saturated heterocycles. The summed E-state index contributed by atoms with van der Waals surface area (Å²) in [5.41, 5.74) is 2.75. The van der Waals surface area contributed by atoms with Crippen molar-refractivity contribution in [1.82, 2.24) is 25.0 Å². The highest BCUT2D eigenvalue weighted by atomic mass is 15.4. The first kappa shape index (κ1) is 18.0. The average Bonchev–Trinajstić information content (AvgIpc) is 2.92. The van der Waals surface area contributed by atoms with E-state index in [1.807, 2.05) is 19.0 Å². The molecule has 0 atom stereocenters. The highest BCUT2D eigenvalue weighted by molar-refractivity contribution is 5.79. The molecule has 0 aliphatic carbocycles. The van der Waals surface area contributed by atoms with Gasteiger partial charge in [-0.2, -0.15) is 5.10 Å². The Balaban J connectivity index is 1.95. The molecule has 0 fully saturated rings. The first-order valence-corrected chi connectivity index (χ1v) is 8.15. The summed E-state index contributed by atoms with van der Waals surface area (Å²) in [5, 5.41) is 7.49. The van der Waals surface area contributed by atoms with Gasteiger partial charge in [0.15, 0.2) is 5.96 Å². The summed E-state index contributed by atoms with van der Waals surface area (Å²) in [5.74, 6) is 1.73. The standard InChI is InChI=1S/C18H28N6/c1-18(2,3)15-9-7-14(8-10-15)11-20-17(19-4)23(5)12-16-21-13-22-24(16)6/h7-10,13H,11-12H2,1-6H3,(H,19,20). The lowest BCUT2D eigenvalue weighted by Gasteiger charge is -2.22. The Morgan fingerprint density at radius 3 is 2.42 bits per heavy atom. The minimum atomic E-state index is 0.179. The molecule has 0 radical (unpaired) electrons. The molecule has 1 N–H and O–H groups in total. The molecule has 0 aliphatic rings. The second kappa shape index (κ2) is 7.47. The minimum absolute atomic E-state index is 0.179. The fraction of sp³-hybridized carbons (Fsp3) is 0.500. The molecule has 6 nitrogen and oxygen atoms in total. The molecule has 1 heterocycles. The van der Waals surface area contributed by atoms with Crippen LogP contribution in [0.3, 0.4) is 0 Å². The summed E-state index contributed by atoms with van der Waals surface area (Å²) >= 11 is 0. The van der Waals surface area contributed by atoms with Gasteiger partial charge in [0.25, 0.3) is 0 Å². The molecule has 1 aromatic carbocycles. The second-order valence-electron chi connectivity index (χ2n) is 7.00. The topological polar surface area (TPSA) is 58.3 Å². The van der Waals surface area contributed by atoms with E-state index in [0.717, 1.165) is 18.3 Å². The van der Waals surface area contributed by atoms with Crippen LogP contribution in [0.25, 0.3) is 0 Å². The van der Waals surface area contributed by atoms with Crippen molar-refractivity contribution < 1.29 is 0 Å². The predicted octanol–water partition coefficient (Wildman–Crippen LogP) is 2.32. The summed E-state index contributed by atoms with van der Waals surface area (Å²) in [4.78, 5) is 10.6. The van der Waals surface area contributed by atoms with Gasteiger partial charge in [0.05, 0.1) is 6.54 Å². The van der Waals surface area contributed by atoms with Gasteiger partial charge in [0.1, 0.15) is 12.2 Å². The lowest BCUT2D eigenvalue weighted by atomic mass is 9.87. The number of hydrogen-bond acceptors (Lipinski definition) is 3. The minimum Gasteiger partial charge on any atom is -0.352 e. The van der Waals surface area contributed by atoms with Crippen LogP contribution in [0.1, 0.15) is 37.7 Å². The molecule has 0 saturated carbocycles. The van der Waals surface area contributed by atoms with Crippen LogP contribution in [0.15, 0.2) is 35.6 Å². The van der Waals surface area contributed by atoms with E-state index >= 15 is 0 Å². The number of hydrogen-bond donors (Lipinski definition) is 1. The van der Waals surface area contributed by atoms with E-state index < -0.39 is 0 Å². The number of nitrogens with one attached hydrogen (secondary N) is 1. The Morgan fingerprint density at radius 1 is 1.25 bits per heavy atom. The SMILES string of the molecule is CN=C(NCc1ccc(C(C)(C)C)cc1)N(C)Cc1ncnn1C. The third-order valence-electron chi connectivity index (χ3n) is 4.03. The highest BCUT2D eigenvalue weighted by Gasteiger charge is 2.13. The Hall–Kier alpha value is -2.37. The largest absolute Gasteiger partial charge is 0.352 e. The highest BCUT2D eigenvalue weighted by Crippen LogP contribution is 2.22. The van der Waals surface area contributed by atoms with Crippen LogP contribution < -0.4 is 5.32 Å². The quantitative estimate of drug-likeness (QED) is 0.691. The number of aromatic nitrogens is 3. The zero-order valence-electron chi connectivity index (χ0n) is 15.5. The number of nitrogens with zero attached hydrogens (tertiary/aromatic N) is 5. The van der Waals surface area contributed by atoms with Crippen LogP contribution in [0, 0.1) is 0 Å². The van der Waals surface area contributed by atoms with Crippen molar-refractivity contribution in [3.8, 4) is 0 Å². The van der Waals surface area contributed by atoms with Gasteiger partial charge in [-0.25, -0.2) is 4.98 Å². The van der Waals surface area contributed by atoms with E-state index in [4.69, 9.17) is 0 Å². The summed E-state index contributed by atoms with van der Waals surface area (Å²) in [6, 6.07) is 8.74. The van der Waals surface area contributed by atoms with Gasteiger partial charge >= 0.3 is 0 Å². The van der Waals surface area contributed by atoms with Crippen molar-refractivity contribution in [3.05, 3.63) is 47.5 Å². The van der Waals surface area contributed by atoms with E-state index in [9.17, 15) is 0 Å². The Bertz CT molecular complexity index is 678. The Kier molecular flexibility index (Phi) is 5.59. The van der Waals surface area contributed by atoms with Gasteiger partial charge < -0.3 is 10.2 Å². The normalized spacial score (nSPS) is 12.3. The number of benzene rings is 1. The molecule has 1 aromatic heterocycles. The zero-order chi connectivity index (χ0) is 17.7. The van der Waals surface area contributed by atoms with E-state index in [0.29, 0.717) is 6.54 Å². The van der Waals surface area contributed by atoms with E-state index in [1.165, 1.54) is 11.1 Å². The molecule has 0 aliphatic heterocycles. The molecule has 0 bridgehead atoms. The fourth-order valence-corrected chi connectivity index (χ4v) is 2.44. The summed E-state index contributed by atoms with van der Waals surface area (Å²) in [6.45, 7) is 8.07. The smallest absolute Gasteiger partial charge is 0.194 e. The average molecular weight is 328 g/mol. The van der Waals surface area contributed by atoms with Crippen LogP contribution >= 0.6 is 0 Å². The number of guanidine groups is 1. The zero-order valence-corrected chi connectivity index (χ0v) is 15.5. The Labute approximate surface area is 144 Å². The molecule has 24 heavy (non-hydrogen) atoms.